The molecule has 0 spiro atoms. The van der Waals surface area contributed by atoms with Gasteiger partial charge in [0.25, 0.3) is 0 Å². The van der Waals surface area contributed by atoms with Crippen LogP contribution in [0, 0.1) is 0 Å². The average Bonchev–Trinajstić information content (AvgIpc) is 2.47. The van der Waals surface area contributed by atoms with Gasteiger partial charge in [-0.05, 0) is 31.0 Å². The Labute approximate surface area is 122 Å². The number of hydrogen-bond donors (Lipinski definition) is 1. The van der Waals surface area contributed by atoms with Crippen LogP contribution in [-0.2, 0) is 6.18 Å². The normalized spacial score (nSPS) is 14.7. The second kappa shape index (κ2) is 6.31. The zero-order chi connectivity index (χ0) is 15.5. The molecular weight excluding hydrogens is 275 g/mol. The standard InChI is InChI=1S/C17H18F3N/c1-12(14-8-4-3-5-9-14)21-13(2)15-10-6-7-11-16(15)17(18,19)20/h3-13,21H,1-2H3/t12-,13-/m1/s1. The van der Waals surface area contributed by atoms with Crippen LogP contribution in [0.4, 0.5) is 13.2 Å². The van der Waals surface area contributed by atoms with Gasteiger partial charge < -0.3 is 5.32 Å². The lowest BCUT2D eigenvalue weighted by molar-refractivity contribution is -0.138. The predicted molar refractivity (Wildman–Crippen MR) is 77.9 cm³/mol. The number of alkyl halides is 3. The summed E-state index contributed by atoms with van der Waals surface area (Å²) >= 11 is 0. The van der Waals surface area contributed by atoms with Crippen LogP contribution in [0.2, 0.25) is 0 Å². The quantitative estimate of drug-likeness (QED) is 0.825. The first-order chi connectivity index (χ1) is 9.89. The Morgan fingerprint density at radius 1 is 0.810 bits per heavy atom. The SMILES string of the molecule is C[C@@H](N[C@H](C)c1ccccc1C(F)(F)F)c1ccccc1. The van der Waals surface area contributed by atoms with Crippen LogP contribution in [0.3, 0.4) is 0 Å². The van der Waals surface area contributed by atoms with Crippen molar-refractivity contribution in [3.63, 3.8) is 0 Å². The summed E-state index contributed by atoms with van der Waals surface area (Å²) in [6.07, 6.45) is -4.33. The molecule has 1 N–H and O–H groups in total. The summed E-state index contributed by atoms with van der Waals surface area (Å²) in [5.41, 5.74) is 0.742. The summed E-state index contributed by atoms with van der Waals surface area (Å²) in [5.74, 6) is 0. The molecule has 0 fully saturated rings. The minimum absolute atomic E-state index is 0.0255. The molecule has 0 aliphatic heterocycles. The molecule has 0 heterocycles. The molecule has 0 saturated carbocycles. The molecule has 21 heavy (non-hydrogen) atoms. The Morgan fingerprint density at radius 3 is 2.00 bits per heavy atom. The van der Waals surface area contributed by atoms with E-state index in [4.69, 9.17) is 0 Å². The van der Waals surface area contributed by atoms with E-state index in [-0.39, 0.29) is 11.6 Å². The number of nitrogens with one attached hydrogen (secondary N) is 1. The highest BCUT2D eigenvalue weighted by Gasteiger charge is 2.34. The molecule has 0 aromatic heterocycles. The second-order valence-corrected chi connectivity index (χ2v) is 5.11. The molecule has 0 saturated heterocycles. The van der Waals surface area contributed by atoms with Crippen LogP contribution in [0.1, 0.15) is 42.6 Å². The first-order valence-corrected chi connectivity index (χ1v) is 6.86. The molecule has 0 radical (unpaired) electrons. The molecule has 4 heteroatoms. The van der Waals surface area contributed by atoms with Gasteiger partial charge in [0.1, 0.15) is 0 Å². The molecule has 2 aromatic rings. The molecule has 0 unspecified atom stereocenters. The molecular formula is C17H18F3N. The van der Waals surface area contributed by atoms with Crippen molar-refractivity contribution in [1.29, 1.82) is 0 Å². The maximum atomic E-state index is 13.0. The average molecular weight is 293 g/mol. The molecule has 0 aliphatic rings. The van der Waals surface area contributed by atoms with Crippen LogP contribution >= 0.6 is 0 Å². The van der Waals surface area contributed by atoms with E-state index in [1.54, 1.807) is 13.0 Å². The van der Waals surface area contributed by atoms with Gasteiger partial charge in [0, 0.05) is 12.1 Å². The topological polar surface area (TPSA) is 12.0 Å². The summed E-state index contributed by atoms with van der Waals surface area (Å²) in [5, 5.41) is 3.22. The van der Waals surface area contributed by atoms with Crippen LogP contribution in [0.25, 0.3) is 0 Å². The molecule has 2 aromatic carbocycles. The number of hydrogen-bond acceptors (Lipinski definition) is 1. The van der Waals surface area contributed by atoms with Crippen molar-refractivity contribution >= 4 is 0 Å². The van der Waals surface area contributed by atoms with E-state index < -0.39 is 17.8 Å². The van der Waals surface area contributed by atoms with E-state index in [9.17, 15) is 13.2 Å². The molecule has 2 rings (SSSR count). The van der Waals surface area contributed by atoms with E-state index in [0.29, 0.717) is 0 Å². The van der Waals surface area contributed by atoms with Gasteiger partial charge in [0.05, 0.1) is 5.56 Å². The van der Waals surface area contributed by atoms with Gasteiger partial charge in [-0.3, -0.25) is 0 Å². The minimum atomic E-state index is -4.33. The van der Waals surface area contributed by atoms with Gasteiger partial charge >= 0.3 is 6.18 Å². The van der Waals surface area contributed by atoms with Crippen LogP contribution in [0.5, 0.6) is 0 Å². The van der Waals surface area contributed by atoms with Crippen molar-refractivity contribution in [2.24, 2.45) is 0 Å². The molecule has 0 aliphatic carbocycles. The van der Waals surface area contributed by atoms with E-state index in [1.165, 1.54) is 12.1 Å². The Kier molecular flexibility index (Phi) is 4.68. The molecule has 0 amide bonds. The first kappa shape index (κ1) is 15.6. The lowest BCUT2D eigenvalue weighted by atomic mass is 9.99. The first-order valence-electron chi connectivity index (χ1n) is 6.86. The largest absolute Gasteiger partial charge is 0.416 e. The minimum Gasteiger partial charge on any atom is -0.304 e. The third kappa shape index (κ3) is 3.85. The lowest BCUT2D eigenvalue weighted by Gasteiger charge is -2.23. The Balaban J connectivity index is 2.20. The highest BCUT2D eigenvalue weighted by Crippen LogP contribution is 2.35. The maximum absolute atomic E-state index is 13.0. The van der Waals surface area contributed by atoms with Crippen molar-refractivity contribution in [1.82, 2.24) is 5.32 Å². The van der Waals surface area contributed by atoms with Gasteiger partial charge in [-0.15, -0.1) is 0 Å². The fourth-order valence-electron chi connectivity index (χ4n) is 2.44. The number of rotatable bonds is 4. The van der Waals surface area contributed by atoms with E-state index in [1.807, 2.05) is 37.3 Å². The summed E-state index contributed by atoms with van der Waals surface area (Å²) in [7, 11) is 0. The number of benzene rings is 2. The summed E-state index contributed by atoms with van der Waals surface area (Å²) in [6.45, 7) is 3.70. The van der Waals surface area contributed by atoms with Crippen molar-refractivity contribution in [2.45, 2.75) is 32.1 Å². The smallest absolute Gasteiger partial charge is 0.304 e. The molecule has 2 atom stereocenters. The van der Waals surface area contributed by atoms with Crippen LogP contribution < -0.4 is 5.32 Å². The molecule has 0 bridgehead atoms. The van der Waals surface area contributed by atoms with Gasteiger partial charge in [-0.1, -0.05) is 48.5 Å². The van der Waals surface area contributed by atoms with Gasteiger partial charge in [-0.25, -0.2) is 0 Å². The van der Waals surface area contributed by atoms with Gasteiger partial charge in [0.15, 0.2) is 0 Å². The lowest BCUT2D eigenvalue weighted by Crippen LogP contribution is -2.24. The second-order valence-electron chi connectivity index (χ2n) is 5.11. The van der Waals surface area contributed by atoms with Crippen molar-refractivity contribution < 1.29 is 13.2 Å². The Hall–Kier alpha value is -1.81. The fraction of sp³-hybridized carbons (Fsp3) is 0.294. The third-order valence-corrected chi connectivity index (χ3v) is 3.53. The molecule has 112 valence electrons. The van der Waals surface area contributed by atoms with Gasteiger partial charge in [0.2, 0.25) is 0 Å². The number of halogens is 3. The predicted octanol–water partition coefficient (Wildman–Crippen LogP) is 5.12. The van der Waals surface area contributed by atoms with E-state index >= 15 is 0 Å². The molecule has 1 nitrogen and oxygen atoms in total. The summed E-state index contributed by atoms with van der Waals surface area (Å²) < 4.78 is 39.1. The van der Waals surface area contributed by atoms with Gasteiger partial charge in [-0.2, -0.15) is 13.2 Å². The van der Waals surface area contributed by atoms with Crippen molar-refractivity contribution in [2.75, 3.05) is 0 Å². The zero-order valence-corrected chi connectivity index (χ0v) is 12.0. The van der Waals surface area contributed by atoms with Crippen LogP contribution in [-0.4, -0.2) is 0 Å². The maximum Gasteiger partial charge on any atom is 0.416 e. The summed E-state index contributed by atoms with van der Waals surface area (Å²) in [4.78, 5) is 0. The summed E-state index contributed by atoms with van der Waals surface area (Å²) in [6, 6.07) is 15.0. The Morgan fingerprint density at radius 2 is 1.38 bits per heavy atom. The Bertz CT molecular complexity index is 578. The highest BCUT2D eigenvalue weighted by molar-refractivity contribution is 5.32. The fourth-order valence-corrected chi connectivity index (χ4v) is 2.44. The zero-order valence-electron chi connectivity index (χ0n) is 12.0. The highest BCUT2D eigenvalue weighted by atomic mass is 19.4. The monoisotopic (exact) mass is 293 g/mol. The van der Waals surface area contributed by atoms with Crippen LogP contribution in [0.15, 0.2) is 54.6 Å². The van der Waals surface area contributed by atoms with E-state index in [0.717, 1.165) is 11.6 Å². The van der Waals surface area contributed by atoms with Crippen molar-refractivity contribution in [3.8, 4) is 0 Å². The van der Waals surface area contributed by atoms with E-state index in [2.05, 4.69) is 5.32 Å². The van der Waals surface area contributed by atoms with Crippen molar-refractivity contribution in [3.05, 3.63) is 71.3 Å². The third-order valence-electron chi connectivity index (χ3n) is 3.53.